The minimum Gasteiger partial charge on any atom is -0.481 e. The topological polar surface area (TPSA) is 125 Å². The van der Waals surface area contributed by atoms with Crippen LogP contribution < -0.4 is 16.0 Å². The van der Waals surface area contributed by atoms with Gasteiger partial charge in [-0.3, -0.25) is 19.7 Å². The van der Waals surface area contributed by atoms with Crippen LogP contribution in [0.2, 0.25) is 0 Å². The van der Waals surface area contributed by atoms with Crippen LogP contribution in [0.3, 0.4) is 0 Å². The lowest BCUT2D eigenvalue weighted by atomic mass is 9.94. The number of carbonyl (C=O) groups is 4. The summed E-state index contributed by atoms with van der Waals surface area (Å²) in [5.41, 5.74) is 0. The second-order valence-electron chi connectivity index (χ2n) is 5.62. The van der Waals surface area contributed by atoms with E-state index in [0.29, 0.717) is 12.3 Å². The molecule has 0 aliphatic carbocycles. The number of hydrogen-bond donors (Lipinski definition) is 4. The number of hydrogen-bond acceptors (Lipinski definition) is 4. The van der Waals surface area contributed by atoms with Crippen molar-refractivity contribution in [3.63, 3.8) is 0 Å². The molecule has 1 aliphatic rings. The normalized spacial score (nSPS) is 19.7. The molecule has 0 saturated carbocycles. The van der Waals surface area contributed by atoms with Gasteiger partial charge in [-0.1, -0.05) is 13.8 Å². The third-order valence-electron chi connectivity index (χ3n) is 3.10. The molecule has 0 spiro atoms. The van der Waals surface area contributed by atoms with Gasteiger partial charge in [-0.2, -0.15) is 0 Å². The van der Waals surface area contributed by atoms with Gasteiger partial charge in [0.15, 0.2) is 0 Å². The smallest absolute Gasteiger partial charge is 0.322 e. The summed E-state index contributed by atoms with van der Waals surface area (Å²) >= 11 is 0. The maximum Gasteiger partial charge on any atom is 0.322 e. The van der Waals surface area contributed by atoms with Crippen LogP contribution in [0.5, 0.6) is 0 Å². The monoisotopic (exact) mass is 299 g/mol. The summed E-state index contributed by atoms with van der Waals surface area (Å²) in [6.07, 6.45) is 0.519. The average Bonchev–Trinajstić information content (AvgIpc) is 2.32. The molecule has 4 N–H and O–H groups in total. The summed E-state index contributed by atoms with van der Waals surface area (Å²) in [6.45, 7) is 4.15. The zero-order valence-electron chi connectivity index (χ0n) is 12.1. The molecule has 4 amide bonds. The van der Waals surface area contributed by atoms with Crippen molar-refractivity contribution in [1.29, 1.82) is 0 Å². The van der Waals surface area contributed by atoms with Crippen molar-refractivity contribution in [1.82, 2.24) is 16.0 Å². The zero-order valence-corrected chi connectivity index (χ0v) is 12.1. The van der Waals surface area contributed by atoms with Crippen molar-refractivity contribution in [3.05, 3.63) is 0 Å². The molecule has 21 heavy (non-hydrogen) atoms. The van der Waals surface area contributed by atoms with Gasteiger partial charge >= 0.3 is 12.0 Å². The summed E-state index contributed by atoms with van der Waals surface area (Å²) in [4.78, 5) is 45.0. The number of carboxylic acids is 1. The van der Waals surface area contributed by atoms with Gasteiger partial charge in [-0.15, -0.1) is 0 Å². The van der Waals surface area contributed by atoms with Gasteiger partial charge in [-0.05, 0) is 18.3 Å². The molecule has 0 bridgehead atoms. The lowest BCUT2D eigenvalue weighted by molar-refractivity contribution is -0.138. The Kier molecular flexibility index (Phi) is 6.13. The van der Waals surface area contributed by atoms with Gasteiger partial charge in [0.1, 0.15) is 6.04 Å². The lowest BCUT2D eigenvalue weighted by Crippen LogP contribution is -2.58. The van der Waals surface area contributed by atoms with Crippen LogP contribution in [0.1, 0.15) is 33.1 Å². The average molecular weight is 299 g/mol. The van der Waals surface area contributed by atoms with Gasteiger partial charge in [0.2, 0.25) is 11.8 Å². The summed E-state index contributed by atoms with van der Waals surface area (Å²) in [5.74, 6) is -1.77. The second kappa shape index (κ2) is 7.61. The number of urea groups is 1. The molecule has 0 aromatic carbocycles. The van der Waals surface area contributed by atoms with Crippen LogP contribution in [-0.4, -0.2) is 41.5 Å². The molecule has 8 nitrogen and oxygen atoms in total. The first kappa shape index (κ1) is 16.9. The summed E-state index contributed by atoms with van der Waals surface area (Å²) in [6, 6.07) is -1.61. The quantitative estimate of drug-likeness (QED) is 0.520. The van der Waals surface area contributed by atoms with E-state index in [1.165, 1.54) is 0 Å². The molecule has 0 unspecified atom stereocenters. The highest BCUT2D eigenvalue weighted by molar-refractivity contribution is 6.02. The van der Waals surface area contributed by atoms with Crippen molar-refractivity contribution in [2.45, 2.75) is 39.2 Å². The number of imide groups is 1. The maximum absolute atomic E-state index is 11.9. The Morgan fingerprint density at radius 1 is 1.38 bits per heavy atom. The molecule has 2 atom stereocenters. The van der Waals surface area contributed by atoms with Crippen LogP contribution in [0.4, 0.5) is 4.79 Å². The predicted molar refractivity (Wildman–Crippen MR) is 73.3 cm³/mol. The van der Waals surface area contributed by atoms with Crippen LogP contribution in [0.15, 0.2) is 0 Å². The van der Waals surface area contributed by atoms with Gasteiger partial charge in [0, 0.05) is 13.0 Å². The minimum absolute atomic E-state index is 0.0318. The van der Waals surface area contributed by atoms with E-state index in [-0.39, 0.29) is 25.3 Å². The van der Waals surface area contributed by atoms with E-state index in [1.807, 2.05) is 19.2 Å². The summed E-state index contributed by atoms with van der Waals surface area (Å²) in [7, 11) is 0. The van der Waals surface area contributed by atoms with Crippen LogP contribution in [0.25, 0.3) is 0 Å². The van der Waals surface area contributed by atoms with E-state index in [2.05, 4.69) is 10.6 Å². The molecule has 1 rings (SSSR count). The van der Waals surface area contributed by atoms with Crippen molar-refractivity contribution in [3.8, 4) is 0 Å². The van der Waals surface area contributed by atoms with E-state index in [9.17, 15) is 19.2 Å². The standard InChI is InChI=1S/C13H21N3O5/c1-7(2)3-8(4-11(18)19)6-14-12(20)9-5-10(17)16-13(21)15-9/h7-9H,3-6H2,1-2H3,(H,14,20)(H,18,19)(H2,15,16,17,21)/t8-,9-/m0/s1. The molecule has 0 radical (unpaired) electrons. The Balaban J connectivity index is 2.50. The van der Waals surface area contributed by atoms with E-state index in [0.717, 1.165) is 0 Å². The van der Waals surface area contributed by atoms with E-state index < -0.39 is 29.9 Å². The molecule has 8 heteroatoms. The maximum atomic E-state index is 11.9. The summed E-state index contributed by atoms with van der Waals surface area (Å²) < 4.78 is 0. The number of amides is 4. The van der Waals surface area contributed by atoms with Gasteiger partial charge < -0.3 is 15.7 Å². The van der Waals surface area contributed by atoms with E-state index >= 15 is 0 Å². The first-order valence-electron chi connectivity index (χ1n) is 6.87. The molecule has 0 aromatic heterocycles. The largest absolute Gasteiger partial charge is 0.481 e. The predicted octanol–water partition coefficient (Wildman–Crippen LogP) is -0.162. The van der Waals surface area contributed by atoms with E-state index in [4.69, 9.17) is 5.11 Å². The molecule has 1 fully saturated rings. The van der Waals surface area contributed by atoms with Gasteiger partial charge in [0.05, 0.1) is 6.42 Å². The Bertz CT molecular complexity index is 420. The highest BCUT2D eigenvalue weighted by Crippen LogP contribution is 2.14. The fraction of sp³-hybridized carbons (Fsp3) is 0.692. The number of carboxylic acid groups (broad SMARTS) is 1. The lowest BCUT2D eigenvalue weighted by Gasteiger charge is -2.24. The highest BCUT2D eigenvalue weighted by atomic mass is 16.4. The molecule has 1 aliphatic heterocycles. The highest BCUT2D eigenvalue weighted by Gasteiger charge is 2.29. The Morgan fingerprint density at radius 2 is 2.05 bits per heavy atom. The first-order valence-corrected chi connectivity index (χ1v) is 6.87. The zero-order chi connectivity index (χ0) is 16.0. The molecule has 1 heterocycles. The summed E-state index contributed by atoms with van der Waals surface area (Å²) in [5, 5.41) is 15.9. The van der Waals surface area contributed by atoms with Crippen LogP contribution in [-0.2, 0) is 14.4 Å². The van der Waals surface area contributed by atoms with Crippen LogP contribution >= 0.6 is 0 Å². The third kappa shape index (κ3) is 6.24. The van der Waals surface area contributed by atoms with Crippen LogP contribution in [0, 0.1) is 11.8 Å². The van der Waals surface area contributed by atoms with Crippen molar-refractivity contribution >= 4 is 23.8 Å². The SMILES string of the molecule is CC(C)C[C@H](CNC(=O)[C@@H]1CC(=O)NC(=O)N1)CC(=O)O. The number of nitrogens with one attached hydrogen (secondary N) is 3. The van der Waals surface area contributed by atoms with Crippen molar-refractivity contribution in [2.24, 2.45) is 11.8 Å². The van der Waals surface area contributed by atoms with Gasteiger partial charge in [-0.25, -0.2) is 4.79 Å². The van der Waals surface area contributed by atoms with Crippen molar-refractivity contribution < 1.29 is 24.3 Å². The Morgan fingerprint density at radius 3 is 2.57 bits per heavy atom. The Labute approximate surface area is 122 Å². The Hall–Kier alpha value is -2.12. The van der Waals surface area contributed by atoms with Gasteiger partial charge in [0.25, 0.3) is 0 Å². The first-order chi connectivity index (χ1) is 9.77. The van der Waals surface area contributed by atoms with E-state index in [1.54, 1.807) is 0 Å². The fourth-order valence-electron chi connectivity index (χ4n) is 2.29. The van der Waals surface area contributed by atoms with Crippen molar-refractivity contribution in [2.75, 3.05) is 6.54 Å². The molecule has 0 aromatic rings. The molecular formula is C13H21N3O5. The number of rotatable bonds is 7. The molecule has 118 valence electrons. The number of aliphatic carboxylic acids is 1. The number of carbonyl (C=O) groups excluding carboxylic acids is 3. The minimum atomic E-state index is -0.916. The third-order valence-corrected chi connectivity index (χ3v) is 3.10. The molecule has 1 saturated heterocycles. The molecular weight excluding hydrogens is 278 g/mol. The second-order valence-corrected chi connectivity index (χ2v) is 5.62. The fourth-order valence-corrected chi connectivity index (χ4v) is 2.29.